The van der Waals surface area contributed by atoms with Crippen molar-refractivity contribution in [2.75, 3.05) is 26.0 Å². The fraction of sp³-hybridized carbons (Fsp3) is 0.194. The maximum absolute atomic E-state index is 13.0. The molecule has 0 fully saturated rings. The summed E-state index contributed by atoms with van der Waals surface area (Å²) in [7, 11) is 3.36. The van der Waals surface area contributed by atoms with Crippen LogP contribution in [0.15, 0.2) is 103 Å². The number of carbonyl (C=O) groups excluding carboxylic acids is 1. The Morgan fingerprint density at radius 1 is 1.03 bits per heavy atom. The maximum Gasteiger partial charge on any atom is 0.416 e. The number of ether oxygens (including phenoxy) is 1. The molecule has 0 bridgehead atoms. The maximum atomic E-state index is 13.0. The van der Waals surface area contributed by atoms with Crippen molar-refractivity contribution < 1.29 is 22.7 Å². The molecule has 1 N–H and O–H groups in total. The number of hydrogen-bond donors (Lipinski definition) is 1. The highest BCUT2D eigenvalue weighted by molar-refractivity contribution is 6.00. The molecule has 0 atom stereocenters. The molecule has 0 aliphatic carbocycles. The summed E-state index contributed by atoms with van der Waals surface area (Å²) < 4.78 is 45.0. The molecule has 38 heavy (non-hydrogen) atoms. The SMILES string of the molecule is C=C/C=C\C(=C(/C)CNc1ccc(OCc2ccccc2)cc1C(=O)N(C)C)c1ccc(C(F)(F)F)cc1. The van der Waals surface area contributed by atoms with Gasteiger partial charge in [0.2, 0.25) is 0 Å². The first kappa shape index (κ1) is 28.3. The van der Waals surface area contributed by atoms with E-state index in [0.717, 1.165) is 28.8 Å². The van der Waals surface area contributed by atoms with E-state index in [0.29, 0.717) is 35.7 Å². The molecule has 0 heterocycles. The summed E-state index contributed by atoms with van der Waals surface area (Å²) in [5, 5.41) is 3.31. The molecular weight excluding hydrogens is 489 g/mol. The molecule has 0 radical (unpaired) electrons. The van der Waals surface area contributed by atoms with Crippen LogP contribution in [0, 0.1) is 0 Å². The number of benzene rings is 3. The van der Waals surface area contributed by atoms with Crippen molar-refractivity contribution >= 4 is 17.2 Å². The summed E-state index contributed by atoms with van der Waals surface area (Å²) in [6, 6.07) is 20.1. The van der Waals surface area contributed by atoms with Gasteiger partial charge in [-0.3, -0.25) is 4.79 Å². The molecule has 0 saturated carbocycles. The number of rotatable bonds is 10. The average Bonchev–Trinajstić information content (AvgIpc) is 2.91. The lowest BCUT2D eigenvalue weighted by atomic mass is 9.98. The van der Waals surface area contributed by atoms with Crippen molar-refractivity contribution in [3.63, 3.8) is 0 Å². The van der Waals surface area contributed by atoms with Crippen molar-refractivity contribution in [2.24, 2.45) is 0 Å². The van der Waals surface area contributed by atoms with Gasteiger partial charge in [0.1, 0.15) is 12.4 Å². The molecule has 0 unspecified atom stereocenters. The van der Waals surface area contributed by atoms with Crippen molar-refractivity contribution in [1.82, 2.24) is 4.90 Å². The number of allylic oxidation sites excluding steroid dienone is 4. The van der Waals surface area contributed by atoms with E-state index in [1.165, 1.54) is 17.0 Å². The third-order valence-electron chi connectivity index (χ3n) is 5.80. The highest BCUT2D eigenvalue weighted by Crippen LogP contribution is 2.31. The number of hydrogen-bond acceptors (Lipinski definition) is 3. The largest absolute Gasteiger partial charge is 0.489 e. The van der Waals surface area contributed by atoms with Gasteiger partial charge in [-0.05, 0) is 59.5 Å². The molecule has 3 rings (SSSR count). The number of nitrogens with one attached hydrogen (secondary N) is 1. The van der Waals surface area contributed by atoms with E-state index in [1.807, 2.05) is 37.3 Å². The van der Waals surface area contributed by atoms with Crippen molar-refractivity contribution in [1.29, 1.82) is 0 Å². The van der Waals surface area contributed by atoms with Gasteiger partial charge in [0.15, 0.2) is 0 Å². The summed E-state index contributed by atoms with van der Waals surface area (Å²) in [5.74, 6) is 0.380. The fourth-order valence-corrected chi connectivity index (χ4v) is 3.74. The molecule has 3 aromatic carbocycles. The van der Waals surface area contributed by atoms with Gasteiger partial charge < -0.3 is 15.0 Å². The van der Waals surface area contributed by atoms with E-state index in [-0.39, 0.29) is 5.91 Å². The minimum atomic E-state index is -4.40. The van der Waals surface area contributed by atoms with E-state index in [9.17, 15) is 18.0 Å². The van der Waals surface area contributed by atoms with E-state index in [4.69, 9.17) is 4.74 Å². The molecule has 0 spiro atoms. The molecule has 0 aliphatic heterocycles. The second-order valence-corrected chi connectivity index (χ2v) is 8.90. The Bertz CT molecular complexity index is 1310. The summed E-state index contributed by atoms with van der Waals surface area (Å²) in [6.07, 6.45) is 0.741. The normalized spacial score (nSPS) is 12.2. The Balaban J connectivity index is 1.86. The summed E-state index contributed by atoms with van der Waals surface area (Å²) in [5.41, 5.74) is 3.65. The van der Waals surface area contributed by atoms with Crippen LogP contribution in [0.3, 0.4) is 0 Å². The van der Waals surface area contributed by atoms with E-state index in [2.05, 4.69) is 11.9 Å². The minimum absolute atomic E-state index is 0.186. The predicted octanol–water partition coefficient (Wildman–Crippen LogP) is 7.61. The highest BCUT2D eigenvalue weighted by atomic mass is 19.4. The van der Waals surface area contributed by atoms with Crippen LogP contribution in [0.4, 0.5) is 18.9 Å². The molecular formula is C31H31F3N2O2. The molecule has 1 amide bonds. The van der Waals surface area contributed by atoms with Crippen LogP contribution in [0.2, 0.25) is 0 Å². The summed E-state index contributed by atoms with van der Waals surface area (Å²) >= 11 is 0. The first-order valence-corrected chi connectivity index (χ1v) is 12.0. The van der Waals surface area contributed by atoms with Crippen molar-refractivity contribution in [3.8, 4) is 5.75 Å². The first-order chi connectivity index (χ1) is 18.1. The summed E-state index contributed by atoms with van der Waals surface area (Å²) in [4.78, 5) is 14.4. The molecule has 0 aromatic heterocycles. The lowest BCUT2D eigenvalue weighted by Crippen LogP contribution is -2.23. The smallest absolute Gasteiger partial charge is 0.416 e. The zero-order valence-corrected chi connectivity index (χ0v) is 21.7. The lowest BCUT2D eigenvalue weighted by Gasteiger charge is -2.18. The standard InChI is InChI=1S/C31H31F3N2O2/c1-5-6-12-27(24-13-15-25(16-14-24)31(32,33)34)22(2)20-35-29-18-17-26(19-28(29)30(37)36(3)4)38-21-23-10-8-7-9-11-23/h5-19,35H,1,20-21H2,2-4H3/b12-6-,27-22-. The Morgan fingerprint density at radius 2 is 1.71 bits per heavy atom. The fourth-order valence-electron chi connectivity index (χ4n) is 3.74. The molecule has 4 nitrogen and oxygen atoms in total. The number of nitrogens with zero attached hydrogens (tertiary/aromatic N) is 1. The second-order valence-electron chi connectivity index (χ2n) is 8.90. The number of amides is 1. The van der Waals surface area contributed by atoms with Gasteiger partial charge in [0.25, 0.3) is 5.91 Å². The Morgan fingerprint density at radius 3 is 2.32 bits per heavy atom. The number of halogens is 3. The van der Waals surface area contributed by atoms with Crippen LogP contribution >= 0.6 is 0 Å². The van der Waals surface area contributed by atoms with Crippen LogP contribution in [-0.4, -0.2) is 31.4 Å². The molecule has 198 valence electrons. The van der Waals surface area contributed by atoms with Crippen molar-refractivity contribution in [3.05, 3.63) is 125 Å². The van der Waals surface area contributed by atoms with Gasteiger partial charge in [-0.25, -0.2) is 0 Å². The van der Waals surface area contributed by atoms with Gasteiger partial charge in [-0.2, -0.15) is 13.2 Å². The Hall–Kier alpha value is -4.26. The lowest BCUT2D eigenvalue weighted by molar-refractivity contribution is -0.137. The topological polar surface area (TPSA) is 41.6 Å². The first-order valence-electron chi connectivity index (χ1n) is 12.0. The molecule has 0 aliphatic rings. The van der Waals surface area contributed by atoms with E-state index in [1.54, 1.807) is 50.5 Å². The van der Waals surface area contributed by atoms with E-state index >= 15 is 0 Å². The van der Waals surface area contributed by atoms with Gasteiger partial charge >= 0.3 is 6.18 Å². The van der Waals surface area contributed by atoms with Crippen LogP contribution in [0.25, 0.3) is 5.57 Å². The van der Waals surface area contributed by atoms with Crippen molar-refractivity contribution in [2.45, 2.75) is 19.7 Å². The quantitative estimate of drug-likeness (QED) is 0.280. The van der Waals surface area contributed by atoms with Crippen LogP contribution in [0.5, 0.6) is 5.75 Å². The highest BCUT2D eigenvalue weighted by Gasteiger charge is 2.30. The van der Waals surface area contributed by atoms with Gasteiger partial charge in [-0.1, -0.05) is 67.3 Å². The molecule has 7 heteroatoms. The van der Waals surface area contributed by atoms with Gasteiger partial charge in [0, 0.05) is 26.3 Å². The number of anilines is 1. The van der Waals surface area contributed by atoms with Gasteiger partial charge in [0.05, 0.1) is 11.1 Å². The van der Waals surface area contributed by atoms with Gasteiger partial charge in [-0.15, -0.1) is 0 Å². The second kappa shape index (κ2) is 12.8. The zero-order chi connectivity index (χ0) is 27.7. The monoisotopic (exact) mass is 520 g/mol. The summed E-state index contributed by atoms with van der Waals surface area (Å²) in [6.45, 7) is 6.30. The Kier molecular flexibility index (Phi) is 9.55. The number of alkyl halides is 3. The third kappa shape index (κ3) is 7.62. The predicted molar refractivity (Wildman–Crippen MR) is 147 cm³/mol. The average molecular weight is 521 g/mol. The minimum Gasteiger partial charge on any atom is -0.489 e. The molecule has 3 aromatic rings. The van der Waals surface area contributed by atoms with Crippen LogP contribution in [-0.2, 0) is 12.8 Å². The van der Waals surface area contributed by atoms with E-state index < -0.39 is 11.7 Å². The van der Waals surface area contributed by atoms with Crippen LogP contribution in [0.1, 0.15) is 34.0 Å². The third-order valence-corrected chi connectivity index (χ3v) is 5.80. The molecule has 0 saturated heterocycles. The zero-order valence-electron chi connectivity index (χ0n) is 21.7. The number of carbonyl (C=O) groups is 1. The van der Waals surface area contributed by atoms with Crippen LogP contribution < -0.4 is 10.1 Å². The Labute approximate surface area is 221 Å².